The van der Waals surface area contributed by atoms with E-state index >= 15 is 0 Å². The standard InChI is InChI=1S/C20H21N3O3S2/c1-13-11-19(14(2)10-18(13)26-3)28(24,25)22-16-6-4-15(5-7-16)17-12-23-8-9-27-20(23)21-17/h4-7,10-12,22H,8-9H2,1-3H3. The lowest BCUT2D eigenvalue weighted by Gasteiger charge is -2.13. The van der Waals surface area contributed by atoms with E-state index in [1.807, 2.05) is 25.3 Å². The largest absolute Gasteiger partial charge is 0.496 e. The molecule has 1 N–H and O–H groups in total. The molecule has 28 heavy (non-hydrogen) atoms. The van der Waals surface area contributed by atoms with Gasteiger partial charge in [-0.3, -0.25) is 4.72 Å². The van der Waals surface area contributed by atoms with Gasteiger partial charge in [0.15, 0.2) is 5.16 Å². The summed E-state index contributed by atoms with van der Waals surface area (Å²) in [5, 5.41) is 1.03. The van der Waals surface area contributed by atoms with Crippen molar-refractivity contribution >= 4 is 27.5 Å². The molecule has 2 aromatic carbocycles. The SMILES string of the molecule is COc1cc(C)c(S(=O)(=O)Nc2ccc(-c3cn4c(n3)SCC4)cc2)cc1C. The molecule has 0 unspecified atom stereocenters. The molecule has 2 heterocycles. The van der Waals surface area contributed by atoms with Gasteiger partial charge in [-0.15, -0.1) is 0 Å². The molecule has 0 amide bonds. The highest BCUT2D eigenvalue weighted by molar-refractivity contribution is 7.99. The molecule has 0 bridgehead atoms. The average Bonchev–Trinajstić information content (AvgIpc) is 3.25. The van der Waals surface area contributed by atoms with Gasteiger partial charge in [0.2, 0.25) is 0 Å². The first kappa shape index (κ1) is 18.9. The zero-order valence-corrected chi connectivity index (χ0v) is 17.5. The van der Waals surface area contributed by atoms with Crippen molar-refractivity contribution in [2.24, 2.45) is 0 Å². The van der Waals surface area contributed by atoms with Gasteiger partial charge < -0.3 is 9.30 Å². The van der Waals surface area contributed by atoms with Crippen LogP contribution in [0.1, 0.15) is 11.1 Å². The fraction of sp³-hybridized carbons (Fsp3) is 0.250. The van der Waals surface area contributed by atoms with Crippen molar-refractivity contribution in [1.82, 2.24) is 9.55 Å². The number of fused-ring (bicyclic) bond motifs is 1. The first-order chi connectivity index (χ1) is 13.4. The van der Waals surface area contributed by atoms with E-state index in [1.165, 1.54) is 0 Å². The van der Waals surface area contributed by atoms with Gasteiger partial charge in [0.05, 0.1) is 17.7 Å². The molecule has 146 valence electrons. The van der Waals surface area contributed by atoms with Gasteiger partial charge in [-0.2, -0.15) is 0 Å². The quantitative estimate of drug-likeness (QED) is 0.680. The Kier molecular flexibility index (Phi) is 4.84. The van der Waals surface area contributed by atoms with Crippen LogP contribution in [-0.2, 0) is 16.6 Å². The van der Waals surface area contributed by atoms with Crippen LogP contribution < -0.4 is 9.46 Å². The third-order valence-corrected chi connectivity index (χ3v) is 7.21. The Bertz CT molecular complexity index is 1110. The molecule has 0 radical (unpaired) electrons. The third kappa shape index (κ3) is 3.49. The number of anilines is 1. The van der Waals surface area contributed by atoms with Crippen LogP contribution in [0.4, 0.5) is 5.69 Å². The van der Waals surface area contributed by atoms with Crippen molar-refractivity contribution in [3.05, 3.63) is 53.7 Å². The molecule has 6 nitrogen and oxygen atoms in total. The number of imidazole rings is 1. The monoisotopic (exact) mass is 415 g/mol. The molecule has 0 saturated heterocycles. The van der Waals surface area contributed by atoms with Crippen molar-refractivity contribution in [3.63, 3.8) is 0 Å². The van der Waals surface area contributed by atoms with Crippen molar-refractivity contribution < 1.29 is 13.2 Å². The molecular formula is C20H21N3O3S2. The van der Waals surface area contributed by atoms with E-state index in [0.29, 0.717) is 17.0 Å². The van der Waals surface area contributed by atoms with Gasteiger partial charge >= 0.3 is 0 Å². The van der Waals surface area contributed by atoms with E-state index < -0.39 is 10.0 Å². The molecule has 0 aliphatic carbocycles. The summed E-state index contributed by atoms with van der Waals surface area (Å²) in [7, 11) is -2.12. The third-order valence-electron chi connectivity index (χ3n) is 4.72. The Balaban J connectivity index is 1.57. The number of nitrogens with one attached hydrogen (secondary N) is 1. The van der Waals surface area contributed by atoms with Gasteiger partial charge in [-0.1, -0.05) is 23.9 Å². The van der Waals surface area contributed by atoms with Crippen LogP contribution in [0.3, 0.4) is 0 Å². The average molecular weight is 416 g/mol. The van der Waals surface area contributed by atoms with Crippen LogP contribution in [0.5, 0.6) is 5.75 Å². The number of hydrogen-bond acceptors (Lipinski definition) is 5. The highest BCUT2D eigenvalue weighted by atomic mass is 32.2. The van der Waals surface area contributed by atoms with E-state index in [0.717, 1.165) is 34.3 Å². The first-order valence-electron chi connectivity index (χ1n) is 8.86. The Morgan fingerprint density at radius 2 is 1.89 bits per heavy atom. The molecule has 1 aliphatic heterocycles. The lowest BCUT2D eigenvalue weighted by atomic mass is 10.1. The summed E-state index contributed by atoms with van der Waals surface area (Å²) in [5.41, 5.74) is 3.78. The maximum atomic E-state index is 12.9. The molecule has 0 atom stereocenters. The maximum absolute atomic E-state index is 12.9. The molecular weight excluding hydrogens is 394 g/mol. The number of aromatic nitrogens is 2. The van der Waals surface area contributed by atoms with Crippen LogP contribution >= 0.6 is 11.8 Å². The predicted molar refractivity (Wildman–Crippen MR) is 112 cm³/mol. The number of aryl methyl sites for hydroxylation is 3. The Labute approximate surface area is 169 Å². The van der Waals surface area contributed by atoms with Gasteiger partial charge in [0.25, 0.3) is 10.0 Å². The van der Waals surface area contributed by atoms with Gasteiger partial charge in [-0.05, 0) is 49.2 Å². The fourth-order valence-electron chi connectivity index (χ4n) is 3.24. The number of sulfonamides is 1. The normalized spacial score (nSPS) is 13.4. The van der Waals surface area contributed by atoms with E-state index in [1.54, 1.807) is 50.1 Å². The van der Waals surface area contributed by atoms with Crippen molar-refractivity contribution in [2.45, 2.75) is 30.4 Å². The highest BCUT2D eigenvalue weighted by Crippen LogP contribution is 2.30. The first-order valence-corrected chi connectivity index (χ1v) is 11.3. The molecule has 1 aromatic heterocycles. The molecule has 3 aromatic rings. The second-order valence-electron chi connectivity index (χ2n) is 6.72. The summed E-state index contributed by atoms with van der Waals surface area (Å²) < 4.78 is 35.8. The molecule has 4 rings (SSSR count). The summed E-state index contributed by atoms with van der Waals surface area (Å²) in [4.78, 5) is 4.87. The number of hydrogen-bond donors (Lipinski definition) is 1. The van der Waals surface area contributed by atoms with E-state index in [9.17, 15) is 8.42 Å². The van der Waals surface area contributed by atoms with E-state index in [-0.39, 0.29) is 4.90 Å². The van der Waals surface area contributed by atoms with Crippen LogP contribution in [-0.4, -0.2) is 30.8 Å². The van der Waals surface area contributed by atoms with Crippen LogP contribution in [0.15, 0.2) is 52.6 Å². The van der Waals surface area contributed by atoms with Crippen molar-refractivity contribution in [3.8, 4) is 17.0 Å². The smallest absolute Gasteiger partial charge is 0.262 e. The minimum Gasteiger partial charge on any atom is -0.496 e. The molecule has 1 aliphatic rings. The lowest BCUT2D eigenvalue weighted by Crippen LogP contribution is -2.14. The Morgan fingerprint density at radius 1 is 1.14 bits per heavy atom. The summed E-state index contributed by atoms with van der Waals surface area (Å²) in [5.74, 6) is 1.74. The summed E-state index contributed by atoms with van der Waals surface area (Å²) in [6.45, 7) is 4.56. The van der Waals surface area contributed by atoms with Gasteiger partial charge in [0.1, 0.15) is 5.75 Å². The fourth-order valence-corrected chi connectivity index (χ4v) is 5.55. The van der Waals surface area contributed by atoms with Crippen molar-refractivity contribution in [1.29, 1.82) is 0 Å². The predicted octanol–water partition coefficient (Wildman–Crippen LogP) is 4.08. The zero-order chi connectivity index (χ0) is 19.9. The van der Waals surface area contributed by atoms with E-state index in [4.69, 9.17) is 4.74 Å². The molecule has 0 fully saturated rings. The number of thioether (sulfide) groups is 1. The number of ether oxygens (including phenoxy) is 1. The minimum atomic E-state index is -3.70. The molecule has 0 saturated carbocycles. The number of benzene rings is 2. The minimum absolute atomic E-state index is 0.248. The highest BCUT2D eigenvalue weighted by Gasteiger charge is 2.19. The van der Waals surface area contributed by atoms with Gasteiger partial charge in [0, 0.05) is 29.7 Å². The van der Waals surface area contributed by atoms with Crippen molar-refractivity contribution in [2.75, 3.05) is 17.6 Å². The van der Waals surface area contributed by atoms with E-state index in [2.05, 4.69) is 14.3 Å². The maximum Gasteiger partial charge on any atom is 0.262 e. The summed E-state index contributed by atoms with van der Waals surface area (Å²) in [6, 6.07) is 10.7. The van der Waals surface area contributed by atoms with Crippen LogP contribution in [0.2, 0.25) is 0 Å². The van der Waals surface area contributed by atoms with Crippen LogP contribution in [0.25, 0.3) is 11.3 Å². The summed E-state index contributed by atoms with van der Waals surface area (Å²) >= 11 is 1.75. The Morgan fingerprint density at radius 3 is 2.57 bits per heavy atom. The molecule has 0 spiro atoms. The Hall–Kier alpha value is -2.45. The second kappa shape index (κ2) is 7.18. The number of nitrogens with zero attached hydrogens (tertiary/aromatic N) is 2. The zero-order valence-electron chi connectivity index (χ0n) is 15.9. The van der Waals surface area contributed by atoms with Gasteiger partial charge in [-0.25, -0.2) is 13.4 Å². The topological polar surface area (TPSA) is 73.2 Å². The van der Waals surface area contributed by atoms with Crippen LogP contribution in [0, 0.1) is 13.8 Å². The lowest BCUT2D eigenvalue weighted by molar-refractivity contribution is 0.411. The number of rotatable bonds is 5. The second-order valence-corrected chi connectivity index (χ2v) is 9.43. The molecule has 8 heteroatoms. The number of methoxy groups -OCH3 is 1. The summed E-state index contributed by atoms with van der Waals surface area (Å²) in [6.07, 6.45) is 2.04.